The van der Waals surface area contributed by atoms with Gasteiger partial charge in [0.05, 0.1) is 6.04 Å². The Hall–Kier alpha value is -2.34. The highest BCUT2D eigenvalue weighted by Gasteiger charge is 2.40. The van der Waals surface area contributed by atoms with Gasteiger partial charge < -0.3 is 15.1 Å². The van der Waals surface area contributed by atoms with Crippen LogP contribution < -0.4 is 10.2 Å². The summed E-state index contributed by atoms with van der Waals surface area (Å²) in [6.45, 7) is 3.75. The van der Waals surface area contributed by atoms with Gasteiger partial charge in [-0.15, -0.1) is 5.10 Å². The fourth-order valence-corrected chi connectivity index (χ4v) is 4.11. The van der Waals surface area contributed by atoms with Crippen molar-refractivity contribution in [1.29, 1.82) is 0 Å². The molecule has 3 atom stereocenters. The van der Waals surface area contributed by atoms with Crippen LogP contribution in [-0.4, -0.2) is 53.3 Å². The van der Waals surface area contributed by atoms with Gasteiger partial charge in [0.2, 0.25) is 0 Å². The van der Waals surface area contributed by atoms with Gasteiger partial charge in [0.15, 0.2) is 5.82 Å². The van der Waals surface area contributed by atoms with Crippen molar-refractivity contribution in [3.63, 3.8) is 0 Å². The van der Waals surface area contributed by atoms with Crippen LogP contribution in [0, 0.1) is 6.92 Å². The number of anilines is 1. The van der Waals surface area contributed by atoms with E-state index < -0.39 is 0 Å². The number of likely N-dealkylation sites (N-methyl/N-ethyl adjacent to an activating group) is 1. The third-order valence-corrected chi connectivity index (χ3v) is 6.28. The van der Waals surface area contributed by atoms with Gasteiger partial charge in [-0.1, -0.05) is 23.7 Å². The maximum absolute atomic E-state index is 12.8. The van der Waals surface area contributed by atoms with E-state index in [1.807, 2.05) is 37.1 Å². The molecule has 4 rings (SSSR count). The van der Waals surface area contributed by atoms with Crippen LogP contribution in [0.2, 0.25) is 5.02 Å². The van der Waals surface area contributed by atoms with Crippen LogP contribution in [0.5, 0.6) is 0 Å². The van der Waals surface area contributed by atoms with Gasteiger partial charge in [0.25, 0.3) is 0 Å². The summed E-state index contributed by atoms with van der Waals surface area (Å²) in [5, 5.41) is 12.2. The van der Waals surface area contributed by atoms with E-state index in [9.17, 15) is 4.79 Å². The van der Waals surface area contributed by atoms with Crippen molar-refractivity contribution < 1.29 is 4.79 Å². The number of urea groups is 1. The van der Waals surface area contributed by atoms with Crippen LogP contribution >= 0.6 is 11.6 Å². The molecule has 148 valence electrons. The molecule has 1 saturated carbocycles. The van der Waals surface area contributed by atoms with Crippen molar-refractivity contribution in [2.24, 2.45) is 0 Å². The summed E-state index contributed by atoms with van der Waals surface area (Å²) >= 11 is 6.12. The third kappa shape index (κ3) is 4.07. The lowest BCUT2D eigenvalue weighted by molar-refractivity contribution is 0.182. The minimum atomic E-state index is 0.00387. The van der Waals surface area contributed by atoms with Crippen molar-refractivity contribution in [2.45, 2.75) is 44.2 Å². The maximum Gasteiger partial charge on any atom is 0.317 e. The average Bonchev–Trinajstić information content (AvgIpc) is 3.49. The van der Waals surface area contributed by atoms with Crippen LogP contribution in [0.3, 0.4) is 0 Å². The molecule has 1 aliphatic heterocycles. The van der Waals surface area contributed by atoms with Crippen molar-refractivity contribution in [3.8, 4) is 0 Å². The Labute approximate surface area is 170 Å². The number of carbonyl (C=O) groups excluding carboxylic acids is 1. The molecule has 2 heterocycles. The molecule has 1 aromatic carbocycles. The second kappa shape index (κ2) is 7.95. The SMILES string of the molecule is Cc1cc([C@@H]2C[C@H]2NC(=O)N(C)[C@@H]2CCCN(c3cccnn3)C2)ccc1Cl. The van der Waals surface area contributed by atoms with Crippen molar-refractivity contribution in [1.82, 2.24) is 20.4 Å². The average molecular weight is 400 g/mol. The van der Waals surface area contributed by atoms with Gasteiger partial charge in [0.1, 0.15) is 0 Å². The highest BCUT2D eigenvalue weighted by atomic mass is 35.5. The van der Waals surface area contributed by atoms with Crippen molar-refractivity contribution in [2.75, 3.05) is 25.0 Å². The van der Waals surface area contributed by atoms with E-state index >= 15 is 0 Å². The number of carbonyl (C=O) groups is 1. The van der Waals surface area contributed by atoms with Gasteiger partial charge in [-0.3, -0.25) is 0 Å². The number of aromatic nitrogens is 2. The van der Waals surface area contributed by atoms with Crippen molar-refractivity contribution >= 4 is 23.4 Å². The predicted octanol–water partition coefficient (Wildman–Crippen LogP) is 3.60. The lowest BCUT2D eigenvalue weighted by atomic mass is 10.0. The summed E-state index contributed by atoms with van der Waals surface area (Å²) in [5.41, 5.74) is 2.33. The van der Waals surface area contributed by atoms with Gasteiger partial charge >= 0.3 is 6.03 Å². The lowest BCUT2D eigenvalue weighted by Gasteiger charge is -2.38. The first-order valence-electron chi connectivity index (χ1n) is 9.85. The number of nitrogens with one attached hydrogen (secondary N) is 1. The molecule has 1 aliphatic carbocycles. The van der Waals surface area contributed by atoms with Gasteiger partial charge in [-0.2, -0.15) is 5.10 Å². The lowest BCUT2D eigenvalue weighted by Crippen LogP contribution is -2.52. The molecular weight excluding hydrogens is 374 g/mol. The Morgan fingerprint density at radius 2 is 2.21 bits per heavy atom. The summed E-state index contributed by atoms with van der Waals surface area (Å²) < 4.78 is 0. The molecule has 0 bridgehead atoms. The summed E-state index contributed by atoms with van der Waals surface area (Å²) in [7, 11) is 1.89. The zero-order valence-corrected chi connectivity index (χ0v) is 17.1. The van der Waals surface area contributed by atoms with Crippen LogP contribution in [-0.2, 0) is 0 Å². The number of aryl methyl sites for hydroxylation is 1. The first-order valence-corrected chi connectivity index (χ1v) is 10.2. The molecule has 7 heteroatoms. The number of amides is 2. The van der Waals surface area contributed by atoms with Gasteiger partial charge in [-0.05, 0) is 55.5 Å². The molecule has 2 aromatic rings. The molecule has 1 N–H and O–H groups in total. The summed E-state index contributed by atoms with van der Waals surface area (Å²) in [5.74, 6) is 1.26. The zero-order valence-electron chi connectivity index (χ0n) is 16.3. The fraction of sp³-hybridized carbons (Fsp3) is 0.476. The highest BCUT2D eigenvalue weighted by molar-refractivity contribution is 6.31. The van der Waals surface area contributed by atoms with Gasteiger partial charge in [0, 0.05) is 43.3 Å². The van der Waals surface area contributed by atoms with E-state index in [4.69, 9.17) is 11.6 Å². The summed E-state index contributed by atoms with van der Waals surface area (Å²) in [4.78, 5) is 16.8. The number of piperidine rings is 1. The van der Waals surface area contributed by atoms with E-state index in [1.54, 1.807) is 6.20 Å². The van der Waals surface area contributed by atoms with Crippen LogP contribution in [0.1, 0.15) is 36.3 Å². The minimum Gasteiger partial charge on any atom is -0.353 e. The summed E-state index contributed by atoms with van der Waals surface area (Å²) in [6, 6.07) is 10.4. The number of halogens is 1. The van der Waals surface area contributed by atoms with E-state index in [1.165, 1.54) is 5.56 Å². The Bertz CT molecular complexity index is 846. The van der Waals surface area contributed by atoms with Gasteiger partial charge in [-0.25, -0.2) is 4.79 Å². The molecule has 28 heavy (non-hydrogen) atoms. The Balaban J connectivity index is 1.33. The Kier molecular flexibility index (Phi) is 5.40. The molecule has 2 amide bonds. The molecule has 1 saturated heterocycles. The van der Waals surface area contributed by atoms with Crippen LogP contribution in [0.4, 0.5) is 10.6 Å². The molecule has 6 nitrogen and oxygen atoms in total. The van der Waals surface area contributed by atoms with Crippen LogP contribution in [0.25, 0.3) is 0 Å². The summed E-state index contributed by atoms with van der Waals surface area (Å²) in [6.07, 6.45) is 4.70. The maximum atomic E-state index is 12.8. The highest BCUT2D eigenvalue weighted by Crippen LogP contribution is 2.41. The van der Waals surface area contributed by atoms with Crippen LogP contribution in [0.15, 0.2) is 36.5 Å². The molecule has 1 aromatic heterocycles. The number of hydrogen-bond donors (Lipinski definition) is 1. The fourth-order valence-electron chi connectivity index (χ4n) is 3.99. The smallest absolute Gasteiger partial charge is 0.317 e. The van der Waals surface area contributed by atoms with Crippen molar-refractivity contribution in [3.05, 3.63) is 52.7 Å². The van der Waals surface area contributed by atoms with E-state index in [0.717, 1.165) is 48.8 Å². The zero-order chi connectivity index (χ0) is 19.7. The largest absolute Gasteiger partial charge is 0.353 e. The van der Waals surface area contributed by atoms with E-state index in [2.05, 4.69) is 32.5 Å². The first kappa shape index (κ1) is 19.0. The first-order chi connectivity index (χ1) is 13.5. The quantitative estimate of drug-likeness (QED) is 0.853. The topological polar surface area (TPSA) is 61.4 Å². The molecule has 2 aliphatic rings. The number of hydrogen-bond acceptors (Lipinski definition) is 4. The molecule has 2 fully saturated rings. The molecule has 0 radical (unpaired) electrons. The number of benzene rings is 1. The predicted molar refractivity (Wildman–Crippen MR) is 111 cm³/mol. The number of rotatable bonds is 4. The van der Waals surface area contributed by atoms with E-state index in [-0.39, 0.29) is 18.1 Å². The normalized spacial score (nSPS) is 24.0. The molecule has 0 spiro atoms. The molecule has 0 unspecified atom stereocenters. The standard InChI is InChI=1S/C21H26ClN5O/c1-14-11-15(7-8-18(14)22)17-12-19(17)24-21(28)26(2)16-5-4-10-27(13-16)20-6-3-9-23-25-20/h3,6-9,11,16-17,19H,4-5,10,12-13H2,1-2H3,(H,24,28)/t16-,17+,19-/m1/s1. The van der Waals surface area contributed by atoms with E-state index in [0.29, 0.717) is 5.92 Å². The monoisotopic (exact) mass is 399 g/mol. The third-order valence-electron chi connectivity index (χ3n) is 5.86. The Morgan fingerprint density at radius 1 is 1.36 bits per heavy atom. The molecular formula is C21H26ClN5O. The minimum absolute atomic E-state index is 0.00387. The second-order valence-corrected chi connectivity index (χ2v) is 8.25. The number of nitrogens with zero attached hydrogens (tertiary/aromatic N) is 4. The second-order valence-electron chi connectivity index (χ2n) is 7.84. The Morgan fingerprint density at radius 3 is 2.96 bits per heavy atom.